The number of imidazole rings is 1. The minimum Gasteiger partial charge on any atom is -0.331 e. The van der Waals surface area contributed by atoms with E-state index >= 15 is 0 Å². The van der Waals surface area contributed by atoms with E-state index in [-0.39, 0.29) is 5.41 Å². The predicted octanol–water partition coefficient (Wildman–Crippen LogP) is 2.10. The Morgan fingerprint density at radius 1 is 1.31 bits per heavy atom. The fourth-order valence-electron chi connectivity index (χ4n) is 1.85. The molecule has 2 rings (SSSR count). The molecule has 3 nitrogen and oxygen atoms in total. The van der Waals surface area contributed by atoms with E-state index < -0.39 is 0 Å². The van der Waals surface area contributed by atoms with Crippen molar-refractivity contribution in [1.82, 2.24) is 9.55 Å². The lowest BCUT2D eigenvalue weighted by Gasteiger charge is -2.21. The van der Waals surface area contributed by atoms with Crippen LogP contribution in [-0.2, 0) is 13.5 Å². The van der Waals surface area contributed by atoms with Gasteiger partial charge in [0.15, 0.2) is 0 Å². The highest BCUT2D eigenvalue weighted by Crippen LogP contribution is 2.22. The van der Waals surface area contributed by atoms with Crippen LogP contribution in [0.15, 0.2) is 24.3 Å². The molecule has 0 unspecified atom stereocenters. The van der Waals surface area contributed by atoms with Gasteiger partial charge in [-0.25, -0.2) is 4.98 Å². The molecule has 0 radical (unpaired) electrons. The van der Waals surface area contributed by atoms with Crippen molar-refractivity contribution >= 4 is 11.0 Å². The van der Waals surface area contributed by atoms with Crippen LogP contribution in [0.1, 0.15) is 19.7 Å². The van der Waals surface area contributed by atoms with Gasteiger partial charge in [0.1, 0.15) is 5.82 Å². The molecule has 2 aromatic rings. The Kier molecular flexibility index (Phi) is 2.72. The molecule has 1 aromatic carbocycles. The monoisotopic (exact) mass is 217 g/mol. The van der Waals surface area contributed by atoms with E-state index in [0.29, 0.717) is 6.54 Å². The molecule has 0 aliphatic heterocycles. The average molecular weight is 217 g/mol. The van der Waals surface area contributed by atoms with E-state index in [2.05, 4.69) is 36.5 Å². The first-order chi connectivity index (χ1) is 7.53. The maximum atomic E-state index is 5.76. The Hall–Kier alpha value is -1.35. The van der Waals surface area contributed by atoms with Crippen molar-refractivity contribution in [1.29, 1.82) is 0 Å². The zero-order valence-electron chi connectivity index (χ0n) is 10.2. The summed E-state index contributed by atoms with van der Waals surface area (Å²) in [5.41, 5.74) is 8.12. The zero-order chi connectivity index (χ0) is 11.8. The van der Waals surface area contributed by atoms with Gasteiger partial charge in [-0.15, -0.1) is 0 Å². The standard InChI is InChI=1S/C13H19N3/c1-13(2,9-14)8-12-15-10-6-4-5-7-11(10)16(12)3/h4-7H,8-9,14H2,1-3H3. The second-order valence-electron chi connectivity index (χ2n) is 5.12. The zero-order valence-corrected chi connectivity index (χ0v) is 10.2. The van der Waals surface area contributed by atoms with Crippen molar-refractivity contribution in [2.75, 3.05) is 6.54 Å². The minimum absolute atomic E-state index is 0.106. The number of nitrogens with zero attached hydrogens (tertiary/aromatic N) is 2. The SMILES string of the molecule is Cn1c(CC(C)(C)CN)nc2ccccc21. The highest BCUT2D eigenvalue weighted by Gasteiger charge is 2.19. The Bertz CT molecular complexity index is 497. The molecule has 3 heteroatoms. The van der Waals surface area contributed by atoms with Crippen LogP contribution < -0.4 is 5.73 Å². The van der Waals surface area contributed by atoms with Gasteiger partial charge in [0, 0.05) is 13.5 Å². The maximum Gasteiger partial charge on any atom is 0.110 e. The summed E-state index contributed by atoms with van der Waals surface area (Å²) >= 11 is 0. The Morgan fingerprint density at radius 3 is 2.62 bits per heavy atom. The van der Waals surface area contributed by atoms with Crippen LogP contribution in [0.25, 0.3) is 11.0 Å². The minimum atomic E-state index is 0.106. The van der Waals surface area contributed by atoms with Crippen LogP contribution in [0, 0.1) is 5.41 Å². The van der Waals surface area contributed by atoms with Gasteiger partial charge in [0.05, 0.1) is 11.0 Å². The van der Waals surface area contributed by atoms with Crippen LogP contribution in [0.3, 0.4) is 0 Å². The number of aromatic nitrogens is 2. The molecule has 16 heavy (non-hydrogen) atoms. The molecule has 0 aliphatic rings. The molecule has 2 N–H and O–H groups in total. The van der Waals surface area contributed by atoms with Gasteiger partial charge >= 0.3 is 0 Å². The lowest BCUT2D eigenvalue weighted by molar-refractivity contribution is 0.364. The van der Waals surface area contributed by atoms with Gasteiger partial charge in [-0.1, -0.05) is 26.0 Å². The molecule has 1 aromatic heterocycles. The number of rotatable bonds is 3. The first kappa shape index (κ1) is 11.1. The van der Waals surface area contributed by atoms with Gasteiger partial charge in [-0.2, -0.15) is 0 Å². The summed E-state index contributed by atoms with van der Waals surface area (Å²) in [5.74, 6) is 1.11. The fraction of sp³-hybridized carbons (Fsp3) is 0.462. The quantitative estimate of drug-likeness (QED) is 0.855. The summed E-state index contributed by atoms with van der Waals surface area (Å²) in [6, 6.07) is 8.21. The number of hydrogen-bond donors (Lipinski definition) is 1. The number of fused-ring (bicyclic) bond motifs is 1. The van der Waals surface area contributed by atoms with E-state index in [1.807, 2.05) is 18.2 Å². The maximum absolute atomic E-state index is 5.76. The molecule has 86 valence electrons. The predicted molar refractivity (Wildman–Crippen MR) is 67.3 cm³/mol. The summed E-state index contributed by atoms with van der Waals surface area (Å²) in [4.78, 5) is 4.65. The fourth-order valence-corrected chi connectivity index (χ4v) is 1.85. The van der Waals surface area contributed by atoms with E-state index in [4.69, 9.17) is 5.73 Å². The van der Waals surface area contributed by atoms with Crippen LogP contribution in [0.2, 0.25) is 0 Å². The van der Waals surface area contributed by atoms with Crippen molar-refractivity contribution in [3.8, 4) is 0 Å². The Morgan fingerprint density at radius 2 is 2.00 bits per heavy atom. The molecule has 0 aliphatic carbocycles. The highest BCUT2D eigenvalue weighted by molar-refractivity contribution is 5.75. The molecule has 0 spiro atoms. The largest absolute Gasteiger partial charge is 0.331 e. The smallest absolute Gasteiger partial charge is 0.110 e. The third-order valence-corrected chi connectivity index (χ3v) is 3.07. The summed E-state index contributed by atoms with van der Waals surface area (Å²) in [7, 11) is 2.07. The number of para-hydroxylation sites is 2. The molecule has 0 bridgehead atoms. The lowest BCUT2D eigenvalue weighted by Crippen LogP contribution is -2.27. The van der Waals surface area contributed by atoms with Crippen molar-refractivity contribution < 1.29 is 0 Å². The van der Waals surface area contributed by atoms with E-state index in [1.165, 1.54) is 5.52 Å². The van der Waals surface area contributed by atoms with Gasteiger partial charge < -0.3 is 10.3 Å². The van der Waals surface area contributed by atoms with E-state index in [9.17, 15) is 0 Å². The number of aryl methyl sites for hydroxylation is 1. The third-order valence-electron chi connectivity index (χ3n) is 3.07. The Labute approximate surface area is 96.3 Å². The molecule has 1 heterocycles. The topological polar surface area (TPSA) is 43.8 Å². The van der Waals surface area contributed by atoms with E-state index in [0.717, 1.165) is 17.8 Å². The lowest BCUT2D eigenvalue weighted by atomic mass is 9.89. The van der Waals surface area contributed by atoms with Gasteiger partial charge in [0.25, 0.3) is 0 Å². The van der Waals surface area contributed by atoms with Crippen LogP contribution in [0.4, 0.5) is 0 Å². The van der Waals surface area contributed by atoms with Crippen molar-refractivity contribution in [2.24, 2.45) is 18.2 Å². The van der Waals surface area contributed by atoms with Crippen molar-refractivity contribution in [3.63, 3.8) is 0 Å². The molecule has 0 fully saturated rings. The summed E-state index contributed by atoms with van der Waals surface area (Å²) in [5, 5.41) is 0. The molecule has 0 atom stereocenters. The van der Waals surface area contributed by atoms with E-state index in [1.54, 1.807) is 0 Å². The number of hydrogen-bond acceptors (Lipinski definition) is 2. The van der Waals surface area contributed by atoms with Gasteiger partial charge in [-0.05, 0) is 24.1 Å². The van der Waals surface area contributed by atoms with Crippen LogP contribution in [-0.4, -0.2) is 16.1 Å². The molecule has 0 saturated carbocycles. The number of benzene rings is 1. The molecular formula is C13H19N3. The third kappa shape index (κ3) is 1.95. The Balaban J connectivity index is 2.42. The number of nitrogens with two attached hydrogens (primary N) is 1. The van der Waals surface area contributed by atoms with Crippen LogP contribution in [0.5, 0.6) is 0 Å². The molecule has 0 saturated heterocycles. The summed E-state index contributed by atoms with van der Waals surface area (Å²) in [6.45, 7) is 5.02. The summed E-state index contributed by atoms with van der Waals surface area (Å²) in [6.07, 6.45) is 0.911. The summed E-state index contributed by atoms with van der Waals surface area (Å²) < 4.78 is 2.16. The molecular weight excluding hydrogens is 198 g/mol. The molecule has 0 amide bonds. The van der Waals surface area contributed by atoms with Crippen molar-refractivity contribution in [3.05, 3.63) is 30.1 Å². The highest BCUT2D eigenvalue weighted by atomic mass is 15.1. The van der Waals surface area contributed by atoms with Gasteiger partial charge in [0.2, 0.25) is 0 Å². The van der Waals surface area contributed by atoms with Crippen molar-refractivity contribution in [2.45, 2.75) is 20.3 Å². The first-order valence-corrected chi connectivity index (χ1v) is 5.64. The van der Waals surface area contributed by atoms with Crippen LogP contribution >= 0.6 is 0 Å². The van der Waals surface area contributed by atoms with Gasteiger partial charge in [-0.3, -0.25) is 0 Å². The average Bonchev–Trinajstić information content (AvgIpc) is 2.56. The normalized spacial score (nSPS) is 12.2. The first-order valence-electron chi connectivity index (χ1n) is 5.64. The second kappa shape index (κ2) is 3.91. The second-order valence-corrected chi connectivity index (χ2v) is 5.12.